The number of fused-ring (bicyclic) bond motifs is 1. The smallest absolute Gasteiger partial charge is 0.231 e. The number of allylic oxidation sites excluding steroid dienone is 1. The third-order valence-corrected chi connectivity index (χ3v) is 3.04. The number of hydrogen-bond acceptors (Lipinski definition) is 3. The predicted molar refractivity (Wildman–Crippen MR) is 84.8 cm³/mol. The summed E-state index contributed by atoms with van der Waals surface area (Å²) in [7, 11) is 0. The van der Waals surface area contributed by atoms with Gasteiger partial charge < -0.3 is 20.1 Å². The maximum Gasteiger partial charge on any atom is 0.231 e. The van der Waals surface area contributed by atoms with Gasteiger partial charge in [-0.15, -0.1) is 0 Å². The van der Waals surface area contributed by atoms with Gasteiger partial charge >= 0.3 is 0 Å². The number of guanidine groups is 1. The van der Waals surface area contributed by atoms with Gasteiger partial charge in [0.1, 0.15) is 0 Å². The van der Waals surface area contributed by atoms with Crippen LogP contribution in [0.25, 0.3) is 0 Å². The number of aliphatic imine (C=N–C) groups is 1. The fourth-order valence-corrected chi connectivity index (χ4v) is 1.99. The van der Waals surface area contributed by atoms with Crippen molar-refractivity contribution in [2.75, 3.05) is 19.9 Å². The van der Waals surface area contributed by atoms with Gasteiger partial charge in [0.2, 0.25) is 6.79 Å². The molecule has 0 unspecified atom stereocenters. The minimum absolute atomic E-state index is 0.303. The lowest BCUT2D eigenvalue weighted by atomic mass is 10.2. The number of nitrogens with zero attached hydrogens (tertiary/aromatic N) is 1. The van der Waals surface area contributed by atoms with Crippen molar-refractivity contribution in [3.63, 3.8) is 0 Å². The van der Waals surface area contributed by atoms with Gasteiger partial charge in [0.05, 0.1) is 6.54 Å². The molecule has 2 N–H and O–H groups in total. The van der Waals surface area contributed by atoms with Gasteiger partial charge in [-0.1, -0.05) is 18.2 Å². The molecule has 5 heteroatoms. The quantitative estimate of drug-likeness (QED) is 0.365. The average molecular weight is 289 g/mol. The monoisotopic (exact) mass is 289 g/mol. The van der Waals surface area contributed by atoms with E-state index in [2.05, 4.69) is 34.7 Å². The Balaban J connectivity index is 1.91. The lowest BCUT2D eigenvalue weighted by Gasteiger charge is -2.10. The summed E-state index contributed by atoms with van der Waals surface area (Å²) < 4.78 is 10.7. The molecule has 0 radical (unpaired) electrons. The molecule has 2 rings (SSSR count). The number of benzene rings is 1. The molecule has 0 saturated heterocycles. The Bertz CT molecular complexity index is 512. The molecule has 1 aromatic carbocycles. The van der Waals surface area contributed by atoms with E-state index in [0.29, 0.717) is 13.3 Å². The molecule has 0 spiro atoms. The molecule has 1 aliphatic heterocycles. The highest BCUT2D eigenvalue weighted by Crippen LogP contribution is 2.32. The molecule has 0 atom stereocenters. The third-order valence-electron chi connectivity index (χ3n) is 3.04. The van der Waals surface area contributed by atoms with E-state index in [1.807, 2.05) is 25.1 Å². The van der Waals surface area contributed by atoms with E-state index in [0.717, 1.165) is 42.5 Å². The Morgan fingerprint density at radius 2 is 2.14 bits per heavy atom. The summed E-state index contributed by atoms with van der Waals surface area (Å²) in [5.74, 6) is 2.44. The van der Waals surface area contributed by atoms with Crippen molar-refractivity contribution < 1.29 is 9.47 Å². The maximum absolute atomic E-state index is 5.38. The molecule has 0 aromatic heterocycles. The van der Waals surface area contributed by atoms with E-state index >= 15 is 0 Å². The first-order valence-corrected chi connectivity index (χ1v) is 7.35. The number of ether oxygens (including phenoxy) is 2. The lowest BCUT2D eigenvalue weighted by Crippen LogP contribution is -2.37. The van der Waals surface area contributed by atoms with Crippen molar-refractivity contribution in [3.8, 4) is 11.5 Å². The third kappa shape index (κ3) is 4.70. The minimum Gasteiger partial charge on any atom is -0.454 e. The van der Waals surface area contributed by atoms with E-state index in [1.165, 1.54) is 0 Å². The normalized spacial score (nSPS) is 13.7. The summed E-state index contributed by atoms with van der Waals surface area (Å²) in [5.41, 5.74) is 1.10. The molecule has 0 amide bonds. The van der Waals surface area contributed by atoms with Crippen LogP contribution in [0.4, 0.5) is 0 Å². The molecular weight excluding hydrogens is 266 g/mol. The van der Waals surface area contributed by atoms with Crippen molar-refractivity contribution in [2.24, 2.45) is 4.99 Å². The largest absolute Gasteiger partial charge is 0.454 e. The summed E-state index contributed by atoms with van der Waals surface area (Å²) in [6.07, 6.45) is 5.18. The van der Waals surface area contributed by atoms with Gasteiger partial charge in [0, 0.05) is 13.1 Å². The Morgan fingerprint density at radius 1 is 1.29 bits per heavy atom. The van der Waals surface area contributed by atoms with Crippen molar-refractivity contribution in [3.05, 3.63) is 35.9 Å². The average Bonchev–Trinajstić information content (AvgIpc) is 2.96. The number of rotatable bonds is 6. The van der Waals surface area contributed by atoms with Crippen molar-refractivity contribution in [1.82, 2.24) is 10.6 Å². The molecule has 114 valence electrons. The molecule has 1 heterocycles. The van der Waals surface area contributed by atoms with Crippen molar-refractivity contribution >= 4 is 5.96 Å². The fourth-order valence-electron chi connectivity index (χ4n) is 1.99. The Morgan fingerprint density at radius 3 is 2.95 bits per heavy atom. The first-order valence-electron chi connectivity index (χ1n) is 7.35. The first kappa shape index (κ1) is 15.2. The van der Waals surface area contributed by atoms with Crippen LogP contribution in [0.15, 0.2) is 35.3 Å². The standard InChI is InChI=1S/C16H23N3O2/c1-3-5-6-9-18-16(17-4-2)19-11-13-7-8-14-15(10-13)21-12-20-14/h3,5,7-8,10H,4,6,9,11-12H2,1-2H3,(H2,17,18,19). The van der Waals surface area contributed by atoms with E-state index in [-0.39, 0.29) is 0 Å². The van der Waals surface area contributed by atoms with Crippen LogP contribution < -0.4 is 20.1 Å². The van der Waals surface area contributed by atoms with Crippen molar-refractivity contribution in [1.29, 1.82) is 0 Å². The fraction of sp³-hybridized carbons (Fsp3) is 0.438. The van der Waals surface area contributed by atoms with Gasteiger partial charge in [-0.05, 0) is 38.0 Å². The minimum atomic E-state index is 0.303. The van der Waals surface area contributed by atoms with Crippen LogP contribution in [-0.4, -0.2) is 25.8 Å². The SMILES string of the molecule is CC=CCCNC(=NCc1ccc2c(c1)OCO2)NCC. The van der Waals surface area contributed by atoms with E-state index in [9.17, 15) is 0 Å². The maximum atomic E-state index is 5.38. The van der Waals surface area contributed by atoms with Gasteiger partial charge in [-0.2, -0.15) is 0 Å². The predicted octanol–water partition coefficient (Wildman–Crippen LogP) is 2.44. The van der Waals surface area contributed by atoms with Crippen LogP contribution in [0.1, 0.15) is 25.8 Å². The molecule has 1 aliphatic rings. The molecule has 1 aromatic rings. The molecule has 5 nitrogen and oxygen atoms in total. The lowest BCUT2D eigenvalue weighted by molar-refractivity contribution is 0.174. The van der Waals surface area contributed by atoms with E-state index in [4.69, 9.17) is 9.47 Å². The van der Waals surface area contributed by atoms with Crippen LogP contribution >= 0.6 is 0 Å². The zero-order valence-corrected chi connectivity index (χ0v) is 12.7. The number of nitrogens with one attached hydrogen (secondary N) is 2. The van der Waals surface area contributed by atoms with Crippen LogP contribution in [-0.2, 0) is 6.54 Å². The number of hydrogen-bond donors (Lipinski definition) is 2. The van der Waals surface area contributed by atoms with E-state index in [1.54, 1.807) is 0 Å². The molecule has 21 heavy (non-hydrogen) atoms. The zero-order chi connectivity index (χ0) is 14.9. The first-order chi connectivity index (χ1) is 10.3. The van der Waals surface area contributed by atoms with Gasteiger partial charge in [0.25, 0.3) is 0 Å². The molecule has 0 fully saturated rings. The summed E-state index contributed by atoms with van der Waals surface area (Å²) in [4.78, 5) is 4.58. The summed E-state index contributed by atoms with van der Waals surface area (Å²) >= 11 is 0. The molecule has 0 saturated carbocycles. The topological polar surface area (TPSA) is 54.9 Å². The van der Waals surface area contributed by atoms with Gasteiger partial charge in [0.15, 0.2) is 17.5 Å². The van der Waals surface area contributed by atoms with Gasteiger partial charge in [-0.3, -0.25) is 0 Å². The Kier molecular flexibility index (Phi) is 5.94. The molecule has 0 bridgehead atoms. The van der Waals surface area contributed by atoms with Crippen LogP contribution in [0.2, 0.25) is 0 Å². The molecule has 0 aliphatic carbocycles. The highest BCUT2D eigenvalue weighted by molar-refractivity contribution is 5.79. The summed E-state index contributed by atoms with van der Waals surface area (Å²) in [6, 6.07) is 5.93. The highest BCUT2D eigenvalue weighted by atomic mass is 16.7. The summed E-state index contributed by atoms with van der Waals surface area (Å²) in [6.45, 7) is 6.71. The van der Waals surface area contributed by atoms with Crippen molar-refractivity contribution in [2.45, 2.75) is 26.8 Å². The van der Waals surface area contributed by atoms with Crippen LogP contribution in [0.5, 0.6) is 11.5 Å². The second-order valence-corrected chi connectivity index (χ2v) is 4.67. The zero-order valence-electron chi connectivity index (χ0n) is 12.7. The van der Waals surface area contributed by atoms with Crippen LogP contribution in [0.3, 0.4) is 0 Å². The second-order valence-electron chi connectivity index (χ2n) is 4.67. The highest BCUT2D eigenvalue weighted by Gasteiger charge is 2.12. The van der Waals surface area contributed by atoms with Crippen LogP contribution in [0, 0.1) is 0 Å². The second kappa shape index (κ2) is 8.19. The summed E-state index contributed by atoms with van der Waals surface area (Å²) in [5, 5.41) is 6.55. The van der Waals surface area contributed by atoms with E-state index < -0.39 is 0 Å². The Labute approximate surface area is 126 Å². The van der Waals surface area contributed by atoms with Gasteiger partial charge in [-0.25, -0.2) is 4.99 Å². The molecular formula is C16H23N3O2. The Hall–Kier alpha value is -2.17.